The molecule has 7 heteroatoms. The fraction of sp³-hybridized carbons (Fsp3) is 0.308. The summed E-state index contributed by atoms with van der Waals surface area (Å²) in [6.45, 7) is 4.37. The van der Waals surface area contributed by atoms with Gasteiger partial charge >= 0.3 is 0 Å². The van der Waals surface area contributed by atoms with E-state index in [9.17, 15) is 9.59 Å². The van der Waals surface area contributed by atoms with Gasteiger partial charge in [-0.15, -0.1) is 11.3 Å². The number of carbonyl (C=O) groups excluding carboxylic acids is 2. The quantitative estimate of drug-likeness (QED) is 0.903. The molecule has 106 valence electrons. The standard InChI is InChI=1S/C13H16N4O2S/c1-4-17-10(7-8(2)16-17)12(19)15-13-9(5-6-20-13)11(18)14-3/h5-7H,4H2,1-3H3,(H,14,18)(H,15,19). The van der Waals surface area contributed by atoms with Gasteiger partial charge in [0.2, 0.25) is 0 Å². The van der Waals surface area contributed by atoms with Gasteiger partial charge in [0.25, 0.3) is 11.8 Å². The Labute approximate surface area is 120 Å². The molecule has 2 amide bonds. The molecule has 0 unspecified atom stereocenters. The molecule has 2 rings (SSSR count). The summed E-state index contributed by atoms with van der Waals surface area (Å²) in [5.41, 5.74) is 1.74. The lowest BCUT2D eigenvalue weighted by Gasteiger charge is -2.06. The zero-order valence-electron chi connectivity index (χ0n) is 11.6. The van der Waals surface area contributed by atoms with E-state index in [4.69, 9.17) is 0 Å². The molecular weight excluding hydrogens is 276 g/mol. The second-order valence-electron chi connectivity index (χ2n) is 4.18. The molecule has 0 fully saturated rings. The Balaban J connectivity index is 2.24. The number of hydrogen-bond acceptors (Lipinski definition) is 4. The number of anilines is 1. The van der Waals surface area contributed by atoms with E-state index in [2.05, 4.69) is 15.7 Å². The molecule has 0 saturated heterocycles. The second-order valence-corrected chi connectivity index (χ2v) is 5.10. The summed E-state index contributed by atoms with van der Waals surface area (Å²) >= 11 is 1.31. The molecule has 0 saturated carbocycles. The van der Waals surface area contributed by atoms with Crippen LogP contribution in [-0.4, -0.2) is 28.6 Å². The highest BCUT2D eigenvalue weighted by molar-refractivity contribution is 7.14. The number of thiophene rings is 1. The molecule has 0 aliphatic rings. The van der Waals surface area contributed by atoms with E-state index >= 15 is 0 Å². The van der Waals surface area contributed by atoms with Gasteiger partial charge < -0.3 is 10.6 Å². The van der Waals surface area contributed by atoms with Crippen LogP contribution < -0.4 is 10.6 Å². The molecule has 2 N–H and O–H groups in total. The van der Waals surface area contributed by atoms with Crippen LogP contribution in [0.4, 0.5) is 5.00 Å². The summed E-state index contributed by atoms with van der Waals surface area (Å²) in [6, 6.07) is 3.41. The summed E-state index contributed by atoms with van der Waals surface area (Å²) in [5.74, 6) is -0.484. The van der Waals surface area contributed by atoms with Gasteiger partial charge in [-0.2, -0.15) is 5.10 Å². The first-order valence-corrected chi connectivity index (χ1v) is 7.10. The maximum absolute atomic E-state index is 12.3. The van der Waals surface area contributed by atoms with Gasteiger partial charge in [-0.05, 0) is 31.4 Å². The molecular formula is C13H16N4O2S. The average molecular weight is 292 g/mol. The number of aromatic nitrogens is 2. The van der Waals surface area contributed by atoms with Crippen LogP contribution in [0, 0.1) is 6.92 Å². The molecule has 0 atom stereocenters. The van der Waals surface area contributed by atoms with E-state index < -0.39 is 0 Å². The van der Waals surface area contributed by atoms with Crippen molar-refractivity contribution in [3.63, 3.8) is 0 Å². The normalized spacial score (nSPS) is 10.3. The number of hydrogen-bond donors (Lipinski definition) is 2. The fourth-order valence-electron chi connectivity index (χ4n) is 1.86. The number of nitrogens with one attached hydrogen (secondary N) is 2. The van der Waals surface area contributed by atoms with Gasteiger partial charge in [-0.1, -0.05) is 0 Å². The number of amides is 2. The van der Waals surface area contributed by atoms with Gasteiger partial charge in [-0.3, -0.25) is 14.3 Å². The third-order valence-electron chi connectivity index (χ3n) is 2.80. The van der Waals surface area contributed by atoms with Crippen molar-refractivity contribution in [2.75, 3.05) is 12.4 Å². The molecule has 6 nitrogen and oxygen atoms in total. The molecule has 0 aliphatic carbocycles. The van der Waals surface area contributed by atoms with Crippen molar-refractivity contribution in [2.24, 2.45) is 0 Å². The van der Waals surface area contributed by atoms with Gasteiger partial charge in [0, 0.05) is 13.6 Å². The predicted octanol–water partition coefficient (Wildman–Crippen LogP) is 1.88. The minimum Gasteiger partial charge on any atom is -0.355 e. The zero-order valence-corrected chi connectivity index (χ0v) is 12.4. The van der Waals surface area contributed by atoms with Crippen LogP contribution in [0.3, 0.4) is 0 Å². The van der Waals surface area contributed by atoms with E-state index in [0.717, 1.165) is 5.69 Å². The van der Waals surface area contributed by atoms with E-state index in [1.165, 1.54) is 11.3 Å². The molecule has 2 heterocycles. The van der Waals surface area contributed by atoms with Gasteiger partial charge in [0.15, 0.2) is 0 Å². The molecule has 0 spiro atoms. The maximum Gasteiger partial charge on any atom is 0.274 e. The summed E-state index contributed by atoms with van der Waals surface area (Å²) in [5, 5.41) is 11.9. The van der Waals surface area contributed by atoms with Crippen LogP contribution in [0.2, 0.25) is 0 Å². The molecule has 2 aromatic rings. The van der Waals surface area contributed by atoms with Crippen LogP contribution in [0.15, 0.2) is 17.5 Å². The summed E-state index contributed by atoms with van der Waals surface area (Å²) < 4.78 is 1.64. The van der Waals surface area contributed by atoms with Crippen LogP contribution in [0.1, 0.15) is 33.5 Å². The van der Waals surface area contributed by atoms with E-state index in [1.54, 1.807) is 29.2 Å². The minimum absolute atomic E-state index is 0.221. The Morgan fingerprint density at radius 2 is 2.15 bits per heavy atom. The number of carbonyl (C=O) groups is 2. The van der Waals surface area contributed by atoms with Crippen molar-refractivity contribution in [1.29, 1.82) is 0 Å². The van der Waals surface area contributed by atoms with E-state index in [1.807, 2.05) is 13.8 Å². The highest BCUT2D eigenvalue weighted by atomic mass is 32.1. The maximum atomic E-state index is 12.3. The lowest BCUT2D eigenvalue weighted by molar-refractivity contribution is 0.0964. The Kier molecular flexibility index (Phi) is 4.19. The molecule has 0 bridgehead atoms. The molecule has 2 aromatic heterocycles. The summed E-state index contributed by atoms with van der Waals surface area (Å²) in [6.07, 6.45) is 0. The van der Waals surface area contributed by atoms with Crippen molar-refractivity contribution < 1.29 is 9.59 Å². The SMILES string of the molecule is CCn1nc(C)cc1C(=O)Nc1sccc1C(=O)NC. The Morgan fingerprint density at radius 3 is 2.80 bits per heavy atom. The van der Waals surface area contributed by atoms with Crippen molar-refractivity contribution in [3.8, 4) is 0 Å². The van der Waals surface area contributed by atoms with Gasteiger partial charge in [0.05, 0.1) is 11.3 Å². The monoisotopic (exact) mass is 292 g/mol. The second kappa shape index (κ2) is 5.87. The Hall–Kier alpha value is -2.15. The summed E-state index contributed by atoms with van der Waals surface area (Å²) in [7, 11) is 1.56. The van der Waals surface area contributed by atoms with E-state index in [-0.39, 0.29) is 11.8 Å². The largest absolute Gasteiger partial charge is 0.355 e. The van der Waals surface area contributed by atoms with Gasteiger partial charge in [-0.25, -0.2) is 0 Å². The minimum atomic E-state index is -0.264. The summed E-state index contributed by atoms with van der Waals surface area (Å²) in [4.78, 5) is 23.9. The van der Waals surface area contributed by atoms with Crippen molar-refractivity contribution in [2.45, 2.75) is 20.4 Å². The van der Waals surface area contributed by atoms with Crippen molar-refractivity contribution in [3.05, 3.63) is 34.5 Å². The topological polar surface area (TPSA) is 76.0 Å². The predicted molar refractivity (Wildman–Crippen MR) is 78.3 cm³/mol. The average Bonchev–Trinajstić information content (AvgIpc) is 3.04. The van der Waals surface area contributed by atoms with Gasteiger partial charge in [0.1, 0.15) is 10.7 Å². The lowest BCUT2D eigenvalue weighted by Crippen LogP contribution is -2.21. The smallest absolute Gasteiger partial charge is 0.274 e. The Morgan fingerprint density at radius 1 is 1.40 bits per heavy atom. The van der Waals surface area contributed by atoms with Crippen molar-refractivity contribution in [1.82, 2.24) is 15.1 Å². The highest BCUT2D eigenvalue weighted by Crippen LogP contribution is 2.23. The van der Waals surface area contributed by atoms with E-state index in [0.29, 0.717) is 22.8 Å². The van der Waals surface area contributed by atoms with Crippen LogP contribution in [0.5, 0.6) is 0 Å². The molecule has 0 radical (unpaired) electrons. The third-order valence-corrected chi connectivity index (χ3v) is 3.63. The number of rotatable bonds is 4. The highest BCUT2D eigenvalue weighted by Gasteiger charge is 2.17. The zero-order chi connectivity index (χ0) is 14.7. The first-order chi connectivity index (χ1) is 9.56. The van der Waals surface area contributed by atoms with Crippen LogP contribution in [-0.2, 0) is 6.54 Å². The lowest BCUT2D eigenvalue weighted by atomic mass is 10.3. The third kappa shape index (κ3) is 2.72. The molecule has 0 aromatic carbocycles. The number of aryl methyl sites for hydroxylation is 2. The molecule has 20 heavy (non-hydrogen) atoms. The fourth-order valence-corrected chi connectivity index (χ4v) is 2.64. The number of nitrogens with zero attached hydrogens (tertiary/aromatic N) is 2. The first kappa shape index (κ1) is 14.3. The first-order valence-electron chi connectivity index (χ1n) is 6.22. The van der Waals surface area contributed by atoms with Crippen LogP contribution >= 0.6 is 11.3 Å². The van der Waals surface area contributed by atoms with Crippen molar-refractivity contribution >= 4 is 28.2 Å². The van der Waals surface area contributed by atoms with Crippen LogP contribution in [0.25, 0.3) is 0 Å². The Bertz CT molecular complexity index is 645. The molecule has 0 aliphatic heterocycles.